The zero-order valence-corrected chi connectivity index (χ0v) is 18.5. The summed E-state index contributed by atoms with van der Waals surface area (Å²) in [6, 6.07) is 41.2. The van der Waals surface area contributed by atoms with Gasteiger partial charge in [0, 0.05) is 28.3 Å². The molecule has 3 nitrogen and oxygen atoms in total. The number of fused-ring (bicyclic) bond motifs is 1. The van der Waals surface area contributed by atoms with Gasteiger partial charge in [-0.2, -0.15) is 0 Å². The van der Waals surface area contributed by atoms with E-state index in [2.05, 4.69) is 77.8 Å². The third-order valence-corrected chi connectivity index (χ3v) is 5.98. The molecule has 0 atom stereocenters. The summed E-state index contributed by atoms with van der Waals surface area (Å²) in [7, 11) is 0. The van der Waals surface area contributed by atoms with E-state index < -0.39 is 0 Å². The molecule has 2 aromatic heterocycles. The van der Waals surface area contributed by atoms with Gasteiger partial charge in [-0.05, 0) is 29.3 Å². The number of aromatic nitrogens is 3. The standard InChI is InChI=1S/C31H21N3/c1-2-12-22(13-3-1)23-14-4-7-17-26(23)31-33-29-20-9-8-18-27(29)30(34-31)25-16-6-5-15-24(25)28-19-10-11-21-32-28/h1-21H. The third kappa shape index (κ3) is 3.63. The SMILES string of the molecule is c1ccc(-c2ccccc2-c2nc(-c3ccccc3-c3ccccn3)c3ccccc3n2)cc1. The van der Waals surface area contributed by atoms with Crippen molar-refractivity contribution in [3.63, 3.8) is 0 Å². The second kappa shape index (κ2) is 8.72. The van der Waals surface area contributed by atoms with Gasteiger partial charge in [0.15, 0.2) is 5.82 Å². The number of hydrogen-bond donors (Lipinski definition) is 0. The van der Waals surface area contributed by atoms with Crippen LogP contribution in [0.1, 0.15) is 0 Å². The fourth-order valence-corrected chi connectivity index (χ4v) is 4.38. The first-order valence-corrected chi connectivity index (χ1v) is 11.3. The summed E-state index contributed by atoms with van der Waals surface area (Å²) in [5, 5.41) is 1.02. The first kappa shape index (κ1) is 20.0. The van der Waals surface area contributed by atoms with Crippen molar-refractivity contribution in [1.82, 2.24) is 15.0 Å². The van der Waals surface area contributed by atoms with E-state index in [1.165, 1.54) is 0 Å². The minimum Gasteiger partial charge on any atom is -0.256 e. The van der Waals surface area contributed by atoms with Gasteiger partial charge in [0.05, 0.1) is 16.9 Å². The molecule has 0 aliphatic rings. The lowest BCUT2D eigenvalue weighted by atomic mass is 9.96. The van der Waals surface area contributed by atoms with E-state index in [4.69, 9.17) is 9.97 Å². The van der Waals surface area contributed by atoms with Crippen LogP contribution in [0, 0.1) is 0 Å². The van der Waals surface area contributed by atoms with Crippen LogP contribution in [-0.4, -0.2) is 15.0 Å². The van der Waals surface area contributed by atoms with Crippen LogP contribution in [0.2, 0.25) is 0 Å². The van der Waals surface area contributed by atoms with Gasteiger partial charge in [0.2, 0.25) is 0 Å². The maximum Gasteiger partial charge on any atom is 0.161 e. The molecule has 0 aliphatic carbocycles. The monoisotopic (exact) mass is 435 g/mol. The van der Waals surface area contributed by atoms with Crippen molar-refractivity contribution in [2.24, 2.45) is 0 Å². The predicted octanol–water partition coefficient (Wildman–Crippen LogP) is 7.69. The summed E-state index contributed by atoms with van der Waals surface area (Å²) >= 11 is 0. The van der Waals surface area contributed by atoms with E-state index in [9.17, 15) is 0 Å². The van der Waals surface area contributed by atoms with Gasteiger partial charge >= 0.3 is 0 Å². The number of hydrogen-bond acceptors (Lipinski definition) is 3. The summed E-state index contributed by atoms with van der Waals surface area (Å²) in [4.78, 5) is 14.8. The Bertz CT molecular complexity index is 1590. The van der Waals surface area contributed by atoms with Crippen molar-refractivity contribution in [2.75, 3.05) is 0 Å². The summed E-state index contributed by atoms with van der Waals surface area (Å²) in [5.41, 5.74) is 8.11. The summed E-state index contributed by atoms with van der Waals surface area (Å²) in [6.07, 6.45) is 1.83. The van der Waals surface area contributed by atoms with Gasteiger partial charge in [0.1, 0.15) is 0 Å². The van der Waals surface area contributed by atoms with Gasteiger partial charge in [-0.3, -0.25) is 4.98 Å². The molecule has 0 radical (unpaired) electrons. The zero-order chi connectivity index (χ0) is 22.7. The van der Waals surface area contributed by atoms with Crippen LogP contribution >= 0.6 is 0 Å². The first-order valence-electron chi connectivity index (χ1n) is 11.3. The Morgan fingerprint density at radius 1 is 0.441 bits per heavy atom. The minimum atomic E-state index is 0.712. The predicted molar refractivity (Wildman–Crippen MR) is 139 cm³/mol. The molecule has 4 aromatic carbocycles. The molecule has 160 valence electrons. The Kier molecular flexibility index (Phi) is 5.13. The Morgan fingerprint density at radius 3 is 1.88 bits per heavy atom. The quantitative estimate of drug-likeness (QED) is 0.285. The summed E-state index contributed by atoms with van der Waals surface area (Å²) in [5.74, 6) is 0.712. The van der Waals surface area contributed by atoms with Crippen LogP contribution in [0.25, 0.3) is 55.9 Å². The Hall–Kier alpha value is -4.63. The third-order valence-electron chi connectivity index (χ3n) is 5.98. The van der Waals surface area contributed by atoms with Gasteiger partial charge < -0.3 is 0 Å². The van der Waals surface area contributed by atoms with Crippen LogP contribution in [0.3, 0.4) is 0 Å². The van der Waals surface area contributed by atoms with E-state index in [0.717, 1.165) is 50.1 Å². The highest BCUT2D eigenvalue weighted by Gasteiger charge is 2.17. The highest BCUT2D eigenvalue weighted by molar-refractivity contribution is 5.98. The highest BCUT2D eigenvalue weighted by Crippen LogP contribution is 2.37. The fraction of sp³-hybridized carbons (Fsp3) is 0. The van der Waals surface area contributed by atoms with Crippen LogP contribution in [0.15, 0.2) is 128 Å². The zero-order valence-electron chi connectivity index (χ0n) is 18.5. The molecule has 0 aliphatic heterocycles. The smallest absolute Gasteiger partial charge is 0.161 e. The van der Waals surface area contributed by atoms with Crippen molar-refractivity contribution in [3.05, 3.63) is 128 Å². The molecule has 0 fully saturated rings. The molecule has 0 spiro atoms. The summed E-state index contributed by atoms with van der Waals surface area (Å²) < 4.78 is 0. The maximum absolute atomic E-state index is 5.17. The second-order valence-corrected chi connectivity index (χ2v) is 8.09. The van der Waals surface area contributed by atoms with E-state index >= 15 is 0 Å². The van der Waals surface area contributed by atoms with E-state index in [0.29, 0.717) is 5.82 Å². The average Bonchev–Trinajstić information content (AvgIpc) is 2.93. The normalized spacial score (nSPS) is 10.9. The molecular weight excluding hydrogens is 414 g/mol. The molecule has 0 saturated carbocycles. The first-order chi connectivity index (χ1) is 16.9. The van der Waals surface area contributed by atoms with Crippen LogP contribution in [0.5, 0.6) is 0 Å². The van der Waals surface area contributed by atoms with E-state index in [1.54, 1.807) is 0 Å². The number of pyridine rings is 1. The molecule has 3 heteroatoms. The van der Waals surface area contributed by atoms with E-state index in [1.807, 2.05) is 54.7 Å². The van der Waals surface area contributed by atoms with Crippen molar-refractivity contribution < 1.29 is 0 Å². The van der Waals surface area contributed by atoms with Gasteiger partial charge in [-0.25, -0.2) is 9.97 Å². The lowest BCUT2D eigenvalue weighted by molar-refractivity contribution is 1.23. The van der Waals surface area contributed by atoms with Gasteiger partial charge in [-0.1, -0.05) is 103 Å². The second-order valence-electron chi connectivity index (χ2n) is 8.09. The Labute approximate surface area is 198 Å². The molecule has 2 heterocycles. The van der Waals surface area contributed by atoms with E-state index in [-0.39, 0.29) is 0 Å². The maximum atomic E-state index is 5.17. The average molecular weight is 436 g/mol. The molecule has 0 N–H and O–H groups in total. The molecule has 6 aromatic rings. The number of nitrogens with zero attached hydrogens (tertiary/aromatic N) is 3. The molecule has 0 unspecified atom stereocenters. The minimum absolute atomic E-state index is 0.712. The van der Waals surface area contributed by atoms with Gasteiger partial charge in [-0.15, -0.1) is 0 Å². The fourth-order valence-electron chi connectivity index (χ4n) is 4.38. The van der Waals surface area contributed by atoms with Crippen LogP contribution < -0.4 is 0 Å². The lowest BCUT2D eigenvalue weighted by Crippen LogP contribution is -1.98. The van der Waals surface area contributed by atoms with Crippen LogP contribution in [-0.2, 0) is 0 Å². The molecule has 0 amide bonds. The number of rotatable bonds is 4. The number of benzene rings is 4. The topological polar surface area (TPSA) is 38.7 Å². The van der Waals surface area contributed by atoms with Crippen molar-refractivity contribution >= 4 is 10.9 Å². The Morgan fingerprint density at radius 2 is 1.09 bits per heavy atom. The molecule has 6 rings (SSSR count). The largest absolute Gasteiger partial charge is 0.256 e. The molecule has 0 saturated heterocycles. The molecular formula is C31H21N3. The summed E-state index contributed by atoms with van der Waals surface area (Å²) in [6.45, 7) is 0. The number of para-hydroxylation sites is 1. The highest BCUT2D eigenvalue weighted by atomic mass is 14.9. The molecule has 34 heavy (non-hydrogen) atoms. The van der Waals surface area contributed by atoms with Crippen molar-refractivity contribution in [1.29, 1.82) is 0 Å². The lowest BCUT2D eigenvalue weighted by Gasteiger charge is -2.14. The van der Waals surface area contributed by atoms with Crippen molar-refractivity contribution in [3.8, 4) is 45.0 Å². The molecule has 0 bridgehead atoms. The van der Waals surface area contributed by atoms with Gasteiger partial charge in [0.25, 0.3) is 0 Å². The van der Waals surface area contributed by atoms with Crippen molar-refractivity contribution in [2.45, 2.75) is 0 Å². The van der Waals surface area contributed by atoms with Crippen LogP contribution in [0.4, 0.5) is 0 Å². The Balaban J connectivity index is 1.62.